The summed E-state index contributed by atoms with van der Waals surface area (Å²) < 4.78 is 7.73. The molecule has 0 aliphatic heterocycles. The maximum atomic E-state index is 9.77. The quantitative estimate of drug-likeness (QED) is 0.909. The highest BCUT2D eigenvalue weighted by molar-refractivity contribution is 5.38. The molecule has 0 fully saturated rings. The van der Waals surface area contributed by atoms with E-state index in [2.05, 4.69) is 18.9 Å². The van der Waals surface area contributed by atoms with Gasteiger partial charge in [-0.3, -0.25) is 4.68 Å². The van der Waals surface area contributed by atoms with Crippen molar-refractivity contribution in [3.63, 3.8) is 0 Å². The van der Waals surface area contributed by atoms with Gasteiger partial charge in [0.1, 0.15) is 12.4 Å². The van der Waals surface area contributed by atoms with Crippen LogP contribution in [-0.4, -0.2) is 14.9 Å². The summed E-state index contributed by atoms with van der Waals surface area (Å²) in [5, 5.41) is 14.2. The van der Waals surface area contributed by atoms with Crippen molar-refractivity contribution in [3.8, 4) is 5.75 Å². The van der Waals surface area contributed by atoms with E-state index in [0.29, 0.717) is 12.6 Å². The first-order chi connectivity index (χ1) is 9.47. The van der Waals surface area contributed by atoms with E-state index in [1.165, 1.54) is 0 Å². The number of ether oxygens (including phenoxy) is 1. The van der Waals surface area contributed by atoms with E-state index in [9.17, 15) is 5.11 Å². The lowest BCUT2D eigenvalue weighted by atomic mass is 10.1. The monoisotopic (exact) mass is 274 g/mol. The van der Waals surface area contributed by atoms with Crippen molar-refractivity contribution in [2.24, 2.45) is 0 Å². The zero-order valence-electron chi connectivity index (χ0n) is 12.5. The molecule has 1 N–H and O–H groups in total. The van der Waals surface area contributed by atoms with E-state index in [-0.39, 0.29) is 0 Å². The molecule has 1 aromatic heterocycles. The highest BCUT2D eigenvalue weighted by atomic mass is 16.5. The van der Waals surface area contributed by atoms with Crippen molar-refractivity contribution in [2.45, 2.75) is 46.4 Å². The Morgan fingerprint density at radius 2 is 2.00 bits per heavy atom. The van der Waals surface area contributed by atoms with Crippen LogP contribution in [0.2, 0.25) is 0 Å². The Labute approximate surface area is 120 Å². The third-order valence-electron chi connectivity index (χ3n) is 3.19. The molecule has 0 saturated heterocycles. The normalized spacial score (nSPS) is 12.7. The number of hydrogen-bond donors (Lipinski definition) is 1. The second kappa shape index (κ2) is 6.09. The fourth-order valence-corrected chi connectivity index (χ4v) is 2.01. The van der Waals surface area contributed by atoms with Gasteiger partial charge in [0, 0.05) is 17.8 Å². The van der Waals surface area contributed by atoms with Crippen LogP contribution < -0.4 is 4.74 Å². The summed E-state index contributed by atoms with van der Waals surface area (Å²) in [7, 11) is 0. The van der Waals surface area contributed by atoms with E-state index in [0.717, 1.165) is 22.6 Å². The number of aromatic nitrogens is 2. The molecule has 2 rings (SSSR count). The average Bonchev–Trinajstić information content (AvgIpc) is 2.85. The number of hydrogen-bond acceptors (Lipinski definition) is 3. The Kier molecular flexibility index (Phi) is 4.45. The van der Waals surface area contributed by atoms with Crippen molar-refractivity contribution in [1.29, 1.82) is 0 Å². The van der Waals surface area contributed by atoms with Gasteiger partial charge in [-0.1, -0.05) is 12.1 Å². The lowest BCUT2D eigenvalue weighted by Gasteiger charge is -2.13. The molecule has 0 radical (unpaired) electrons. The predicted molar refractivity (Wildman–Crippen MR) is 78.8 cm³/mol. The van der Waals surface area contributed by atoms with Crippen molar-refractivity contribution < 1.29 is 9.84 Å². The molecule has 1 heterocycles. The molecule has 0 aliphatic carbocycles. The van der Waals surface area contributed by atoms with Crippen LogP contribution in [0.3, 0.4) is 0 Å². The molecule has 0 amide bonds. The Morgan fingerprint density at radius 1 is 1.25 bits per heavy atom. The van der Waals surface area contributed by atoms with Gasteiger partial charge in [-0.05, 0) is 45.4 Å². The average molecular weight is 274 g/mol. The van der Waals surface area contributed by atoms with Crippen molar-refractivity contribution in [3.05, 3.63) is 47.3 Å². The molecule has 1 aromatic carbocycles. The lowest BCUT2D eigenvalue weighted by molar-refractivity contribution is 0.189. The minimum Gasteiger partial charge on any atom is -0.487 e. The van der Waals surface area contributed by atoms with E-state index >= 15 is 0 Å². The van der Waals surface area contributed by atoms with Crippen molar-refractivity contribution in [1.82, 2.24) is 9.78 Å². The number of nitrogens with zero attached hydrogens (tertiary/aromatic N) is 2. The van der Waals surface area contributed by atoms with Crippen LogP contribution in [0.1, 0.15) is 49.7 Å². The van der Waals surface area contributed by atoms with Gasteiger partial charge in [0.25, 0.3) is 0 Å². The predicted octanol–water partition coefficient (Wildman–Crippen LogP) is 3.40. The summed E-state index contributed by atoms with van der Waals surface area (Å²) in [6.45, 7) is 8.33. The van der Waals surface area contributed by atoms with E-state index in [1.54, 1.807) is 6.92 Å². The maximum Gasteiger partial charge on any atom is 0.132 e. The first-order valence-electron chi connectivity index (χ1n) is 6.93. The summed E-state index contributed by atoms with van der Waals surface area (Å²) >= 11 is 0. The van der Waals surface area contributed by atoms with E-state index in [1.807, 2.05) is 42.1 Å². The largest absolute Gasteiger partial charge is 0.487 e. The van der Waals surface area contributed by atoms with E-state index in [4.69, 9.17) is 4.74 Å². The van der Waals surface area contributed by atoms with Gasteiger partial charge in [0.15, 0.2) is 0 Å². The number of aryl methyl sites for hydroxylation is 1. The van der Waals surface area contributed by atoms with Gasteiger partial charge in [-0.2, -0.15) is 5.10 Å². The fraction of sp³-hybridized carbons (Fsp3) is 0.438. The smallest absolute Gasteiger partial charge is 0.132 e. The van der Waals surface area contributed by atoms with Crippen LogP contribution in [0.15, 0.2) is 30.5 Å². The SMILES string of the molecule is Cc1ccc([C@@H](C)O)c(OCc2ccn(C(C)C)n2)c1. The standard InChI is InChI=1S/C16H22N2O2/c1-11(2)18-8-7-14(17-18)10-20-16-9-12(3)5-6-15(16)13(4)19/h5-9,11,13,19H,10H2,1-4H3/t13-/m1/s1. The zero-order chi connectivity index (χ0) is 14.7. The Balaban J connectivity index is 2.11. The van der Waals surface area contributed by atoms with Crippen LogP contribution in [0.4, 0.5) is 0 Å². The van der Waals surface area contributed by atoms with Crippen molar-refractivity contribution in [2.75, 3.05) is 0 Å². The molecular formula is C16H22N2O2. The number of benzene rings is 1. The van der Waals surface area contributed by atoms with Crippen LogP contribution in [-0.2, 0) is 6.61 Å². The summed E-state index contributed by atoms with van der Waals surface area (Å²) in [6, 6.07) is 8.12. The van der Waals surface area contributed by atoms with Gasteiger partial charge in [0.05, 0.1) is 11.8 Å². The minimum absolute atomic E-state index is 0.343. The lowest BCUT2D eigenvalue weighted by Crippen LogP contribution is -2.05. The molecule has 4 nitrogen and oxygen atoms in total. The second-order valence-electron chi connectivity index (χ2n) is 5.39. The highest BCUT2D eigenvalue weighted by Crippen LogP contribution is 2.26. The molecule has 0 spiro atoms. The van der Waals surface area contributed by atoms with Gasteiger partial charge in [0.2, 0.25) is 0 Å². The summed E-state index contributed by atoms with van der Waals surface area (Å²) in [5.74, 6) is 0.721. The molecule has 20 heavy (non-hydrogen) atoms. The molecule has 4 heteroatoms. The van der Waals surface area contributed by atoms with Crippen LogP contribution in [0.5, 0.6) is 5.75 Å². The molecule has 0 unspecified atom stereocenters. The van der Waals surface area contributed by atoms with Gasteiger partial charge < -0.3 is 9.84 Å². The fourth-order valence-electron chi connectivity index (χ4n) is 2.01. The van der Waals surface area contributed by atoms with Crippen LogP contribution in [0, 0.1) is 6.92 Å². The minimum atomic E-state index is -0.543. The van der Waals surface area contributed by atoms with Gasteiger partial charge in [-0.15, -0.1) is 0 Å². The topological polar surface area (TPSA) is 47.3 Å². The molecule has 2 aromatic rings. The Bertz CT molecular complexity index is 574. The number of rotatable bonds is 5. The van der Waals surface area contributed by atoms with E-state index < -0.39 is 6.10 Å². The number of aliphatic hydroxyl groups is 1. The summed E-state index contributed by atoms with van der Waals surface area (Å²) in [4.78, 5) is 0. The molecule has 0 bridgehead atoms. The molecule has 0 aliphatic rings. The first-order valence-corrected chi connectivity index (χ1v) is 6.93. The highest BCUT2D eigenvalue weighted by Gasteiger charge is 2.10. The van der Waals surface area contributed by atoms with Crippen LogP contribution in [0.25, 0.3) is 0 Å². The molecule has 0 saturated carbocycles. The Morgan fingerprint density at radius 3 is 2.60 bits per heavy atom. The summed E-state index contributed by atoms with van der Waals surface area (Å²) in [5.41, 5.74) is 2.80. The molecule has 1 atom stereocenters. The second-order valence-corrected chi connectivity index (χ2v) is 5.39. The first kappa shape index (κ1) is 14.6. The molecular weight excluding hydrogens is 252 g/mol. The third-order valence-corrected chi connectivity index (χ3v) is 3.19. The summed E-state index contributed by atoms with van der Waals surface area (Å²) in [6.07, 6.45) is 1.41. The van der Waals surface area contributed by atoms with Gasteiger partial charge in [-0.25, -0.2) is 0 Å². The maximum absolute atomic E-state index is 9.77. The van der Waals surface area contributed by atoms with Crippen LogP contribution >= 0.6 is 0 Å². The van der Waals surface area contributed by atoms with Crippen molar-refractivity contribution >= 4 is 0 Å². The van der Waals surface area contributed by atoms with Gasteiger partial charge >= 0.3 is 0 Å². The number of aliphatic hydroxyl groups excluding tert-OH is 1. The zero-order valence-corrected chi connectivity index (χ0v) is 12.5. The Hall–Kier alpha value is -1.81. The molecule has 108 valence electrons. The third kappa shape index (κ3) is 3.39.